The second-order valence-electron chi connectivity index (χ2n) is 4.88. The van der Waals surface area contributed by atoms with E-state index in [1.54, 1.807) is 12.1 Å². The zero-order valence-corrected chi connectivity index (χ0v) is 11.8. The third-order valence-corrected chi connectivity index (χ3v) is 3.13. The molecule has 1 N–H and O–H groups in total. The van der Waals surface area contributed by atoms with Gasteiger partial charge in [-0.25, -0.2) is 0 Å². The first-order valence-corrected chi connectivity index (χ1v) is 6.83. The molecular formula is C15H23F2NO. The van der Waals surface area contributed by atoms with Gasteiger partial charge in [0, 0.05) is 12.1 Å². The Hall–Kier alpha value is -1.16. The minimum Gasteiger partial charge on any atom is -0.435 e. The second kappa shape index (κ2) is 8.10. The van der Waals surface area contributed by atoms with E-state index in [1.807, 2.05) is 12.1 Å². The summed E-state index contributed by atoms with van der Waals surface area (Å²) in [6.45, 7) is 3.65. The van der Waals surface area contributed by atoms with Crippen LogP contribution in [0.25, 0.3) is 0 Å². The van der Waals surface area contributed by atoms with Crippen LogP contribution in [0, 0.1) is 0 Å². The van der Waals surface area contributed by atoms with Gasteiger partial charge in [0.05, 0.1) is 0 Å². The zero-order chi connectivity index (χ0) is 14.3. The van der Waals surface area contributed by atoms with Gasteiger partial charge in [0.1, 0.15) is 5.75 Å². The van der Waals surface area contributed by atoms with E-state index in [-0.39, 0.29) is 11.8 Å². The number of nitrogens with one attached hydrogen (secondary N) is 1. The van der Waals surface area contributed by atoms with Gasteiger partial charge in [0.15, 0.2) is 0 Å². The summed E-state index contributed by atoms with van der Waals surface area (Å²) < 4.78 is 28.4. The van der Waals surface area contributed by atoms with Crippen LogP contribution in [0.3, 0.4) is 0 Å². The first kappa shape index (κ1) is 15.9. The number of unbranched alkanes of at least 4 members (excludes halogenated alkanes) is 1. The molecule has 4 heteroatoms. The molecule has 1 aromatic carbocycles. The Bertz CT molecular complexity index is 354. The van der Waals surface area contributed by atoms with E-state index in [0.717, 1.165) is 12.0 Å². The van der Waals surface area contributed by atoms with Gasteiger partial charge in [-0.15, -0.1) is 0 Å². The molecule has 0 bridgehead atoms. The van der Waals surface area contributed by atoms with Crippen molar-refractivity contribution >= 4 is 0 Å². The first-order chi connectivity index (χ1) is 9.02. The molecule has 0 fully saturated rings. The third kappa shape index (κ3) is 6.01. The summed E-state index contributed by atoms with van der Waals surface area (Å²) in [5.41, 5.74) is 1.07. The predicted octanol–water partition coefficient (Wildman–Crippen LogP) is 4.52. The Kier molecular flexibility index (Phi) is 6.78. The maximum absolute atomic E-state index is 12.0. The largest absolute Gasteiger partial charge is 0.435 e. The van der Waals surface area contributed by atoms with Gasteiger partial charge in [0.2, 0.25) is 0 Å². The Balaban J connectivity index is 2.50. The van der Waals surface area contributed by atoms with Crippen molar-refractivity contribution in [1.82, 2.24) is 5.32 Å². The molecule has 0 saturated carbocycles. The van der Waals surface area contributed by atoms with Gasteiger partial charge in [-0.05, 0) is 38.0 Å². The number of alkyl halides is 2. The van der Waals surface area contributed by atoms with Crippen molar-refractivity contribution in [2.45, 2.75) is 58.7 Å². The fourth-order valence-corrected chi connectivity index (χ4v) is 2.05. The fraction of sp³-hybridized carbons (Fsp3) is 0.600. The predicted molar refractivity (Wildman–Crippen MR) is 73.6 cm³/mol. The molecule has 0 radical (unpaired) electrons. The van der Waals surface area contributed by atoms with Crippen molar-refractivity contribution in [1.29, 1.82) is 0 Å². The van der Waals surface area contributed by atoms with Crippen LogP contribution in [0.5, 0.6) is 5.75 Å². The van der Waals surface area contributed by atoms with Crippen LogP contribution in [0.4, 0.5) is 8.78 Å². The lowest BCUT2D eigenvalue weighted by molar-refractivity contribution is -0.0498. The van der Waals surface area contributed by atoms with E-state index in [4.69, 9.17) is 0 Å². The Morgan fingerprint density at radius 3 is 2.32 bits per heavy atom. The molecule has 0 heterocycles. The molecule has 0 aliphatic carbocycles. The SMILES string of the molecule is CCCCC(C)NC(C)c1ccc(OC(F)F)cc1. The molecule has 0 aliphatic rings. The van der Waals surface area contributed by atoms with Crippen LogP contribution < -0.4 is 10.1 Å². The Labute approximate surface area is 114 Å². The summed E-state index contributed by atoms with van der Waals surface area (Å²) in [7, 11) is 0. The third-order valence-electron chi connectivity index (χ3n) is 3.13. The lowest BCUT2D eigenvalue weighted by Gasteiger charge is -2.20. The molecule has 0 aliphatic heterocycles. The van der Waals surface area contributed by atoms with Gasteiger partial charge in [-0.2, -0.15) is 8.78 Å². The average Bonchev–Trinajstić information content (AvgIpc) is 2.36. The summed E-state index contributed by atoms with van der Waals surface area (Å²) in [5, 5.41) is 3.50. The normalized spacial score (nSPS) is 14.4. The molecule has 2 nitrogen and oxygen atoms in total. The minimum atomic E-state index is -2.77. The highest BCUT2D eigenvalue weighted by atomic mass is 19.3. The van der Waals surface area contributed by atoms with E-state index in [0.29, 0.717) is 6.04 Å². The van der Waals surface area contributed by atoms with Crippen molar-refractivity contribution in [3.8, 4) is 5.75 Å². The maximum Gasteiger partial charge on any atom is 0.387 e. The van der Waals surface area contributed by atoms with Gasteiger partial charge in [-0.1, -0.05) is 31.9 Å². The molecule has 0 saturated heterocycles. The molecule has 1 aromatic rings. The number of rotatable bonds is 8. The summed E-state index contributed by atoms with van der Waals surface area (Å²) in [6, 6.07) is 7.45. The minimum absolute atomic E-state index is 0.199. The molecule has 1 rings (SSSR count). The maximum atomic E-state index is 12.0. The standard InChI is InChI=1S/C15H23F2NO/c1-4-5-6-11(2)18-12(3)13-7-9-14(10-8-13)19-15(16)17/h7-12,15,18H,4-6H2,1-3H3. The van der Waals surface area contributed by atoms with Crippen LogP contribution in [0.1, 0.15) is 51.6 Å². The second-order valence-corrected chi connectivity index (χ2v) is 4.88. The van der Waals surface area contributed by atoms with E-state index in [9.17, 15) is 8.78 Å². The van der Waals surface area contributed by atoms with Crippen molar-refractivity contribution in [2.75, 3.05) is 0 Å². The number of halogens is 2. The van der Waals surface area contributed by atoms with E-state index in [1.165, 1.54) is 12.8 Å². The highest BCUT2D eigenvalue weighted by molar-refractivity contribution is 5.29. The van der Waals surface area contributed by atoms with Crippen LogP contribution >= 0.6 is 0 Å². The summed E-state index contributed by atoms with van der Waals surface area (Å²) in [6.07, 6.45) is 3.55. The zero-order valence-electron chi connectivity index (χ0n) is 11.8. The van der Waals surface area contributed by atoms with Crippen molar-refractivity contribution in [3.05, 3.63) is 29.8 Å². The average molecular weight is 271 g/mol. The van der Waals surface area contributed by atoms with Gasteiger partial charge >= 0.3 is 6.61 Å². The lowest BCUT2D eigenvalue weighted by atomic mass is 10.1. The van der Waals surface area contributed by atoms with E-state index < -0.39 is 6.61 Å². The molecule has 0 spiro atoms. The highest BCUT2D eigenvalue weighted by Gasteiger charge is 2.10. The van der Waals surface area contributed by atoms with Crippen LogP contribution in [-0.2, 0) is 0 Å². The number of hydrogen-bond donors (Lipinski definition) is 1. The van der Waals surface area contributed by atoms with Crippen LogP contribution in [0.15, 0.2) is 24.3 Å². The smallest absolute Gasteiger partial charge is 0.387 e. The highest BCUT2D eigenvalue weighted by Crippen LogP contribution is 2.19. The van der Waals surface area contributed by atoms with Crippen molar-refractivity contribution < 1.29 is 13.5 Å². The summed E-state index contributed by atoms with van der Waals surface area (Å²) in [5.74, 6) is 0.199. The Morgan fingerprint density at radius 2 is 1.79 bits per heavy atom. The Morgan fingerprint density at radius 1 is 1.16 bits per heavy atom. The molecule has 108 valence electrons. The van der Waals surface area contributed by atoms with Crippen molar-refractivity contribution in [3.63, 3.8) is 0 Å². The number of ether oxygens (including phenoxy) is 1. The monoisotopic (exact) mass is 271 g/mol. The van der Waals surface area contributed by atoms with E-state index in [2.05, 4.69) is 30.8 Å². The first-order valence-electron chi connectivity index (χ1n) is 6.83. The summed E-state index contributed by atoms with van der Waals surface area (Å²) >= 11 is 0. The number of hydrogen-bond acceptors (Lipinski definition) is 2. The van der Waals surface area contributed by atoms with Crippen LogP contribution in [-0.4, -0.2) is 12.7 Å². The fourth-order valence-electron chi connectivity index (χ4n) is 2.05. The van der Waals surface area contributed by atoms with Crippen LogP contribution in [0.2, 0.25) is 0 Å². The molecule has 2 unspecified atom stereocenters. The summed E-state index contributed by atoms with van der Waals surface area (Å²) in [4.78, 5) is 0. The van der Waals surface area contributed by atoms with Gasteiger partial charge < -0.3 is 10.1 Å². The van der Waals surface area contributed by atoms with Gasteiger partial charge in [-0.3, -0.25) is 0 Å². The van der Waals surface area contributed by atoms with E-state index >= 15 is 0 Å². The molecule has 2 atom stereocenters. The lowest BCUT2D eigenvalue weighted by Crippen LogP contribution is -2.28. The number of benzene rings is 1. The topological polar surface area (TPSA) is 21.3 Å². The molecule has 0 aromatic heterocycles. The molecular weight excluding hydrogens is 248 g/mol. The molecule has 0 amide bonds. The quantitative estimate of drug-likeness (QED) is 0.750. The van der Waals surface area contributed by atoms with Crippen molar-refractivity contribution in [2.24, 2.45) is 0 Å². The van der Waals surface area contributed by atoms with Gasteiger partial charge in [0.25, 0.3) is 0 Å². The molecule has 19 heavy (non-hydrogen) atoms.